The normalized spacial score (nSPS) is 14.8. The minimum absolute atomic E-state index is 0.0924. The predicted octanol–water partition coefficient (Wildman–Crippen LogP) is 2.66. The summed E-state index contributed by atoms with van der Waals surface area (Å²) in [5, 5.41) is 0. The minimum Gasteiger partial charge on any atom is -0.399 e. The van der Waals surface area contributed by atoms with Crippen LogP contribution in [0.3, 0.4) is 0 Å². The van der Waals surface area contributed by atoms with Crippen molar-refractivity contribution in [3.05, 3.63) is 24.3 Å². The first kappa shape index (κ1) is 15.0. The standard InChI is InChI=1S/C13H23N3OS/c1-10(2)9-15-18(17,16-11(3)4)13-7-5-6-12(14)8-13/h5-8,10-11H,9,14H2,1-4H3,(H,15,16,17). The van der Waals surface area contributed by atoms with Crippen molar-refractivity contribution in [1.29, 1.82) is 0 Å². The van der Waals surface area contributed by atoms with E-state index in [1.165, 1.54) is 0 Å². The van der Waals surface area contributed by atoms with E-state index >= 15 is 0 Å². The van der Waals surface area contributed by atoms with Crippen molar-refractivity contribution < 1.29 is 4.21 Å². The summed E-state index contributed by atoms with van der Waals surface area (Å²) in [5.41, 5.74) is 6.35. The largest absolute Gasteiger partial charge is 0.399 e. The number of nitrogens with two attached hydrogens (primary N) is 1. The topological polar surface area (TPSA) is 67.5 Å². The van der Waals surface area contributed by atoms with E-state index in [-0.39, 0.29) is 6.04 Å². The first-order chi connectivity index (χ1) is 8.33. The Hall–Kier alpha value is -1.07. The van der Waals surface area contributed by atoms with Gasteiger partial charge in [-0.3, -0.25) is 0 Å². The van der Waals surface area contributed by atoms with Gasteiger partial charge in [-0.25, -0.2) is 13.3 Å². The zero-order chi connectivity index (χ0) is 13.8. The van der Waals surface area contributed by atoms with Gasteiger partial charge < -0.3 is 5.73 Å². The molecule has 0 bridgehead atoms. The fraction of sp³-hybridized carbons (Fsp3) is 0.538. The lowest BCUT2D eigenvalue weighted by atomic mass is 10.2. The van der Waals surface area contributed by atoms with Gasteiger partial charge in [-0.1, -0.05) is 19.9 Å². The van der Waals surface area contributed by atoms with Crippen LogP contribution in [0.4, 0.5) is 5.69 Å². The molecule has 0 radical (unpaired) electrons. The first-order valence-electron chi connectivity index (χ1n) is 6.19. The van der Waals surface area contributed by atoms with Gasteiger partial charge in [0.05, 0.1) is 11.4 Å². The van der Waals surface area contributed by atoms with Gasteiger partial charge in [0.1, 0.15) is 9.92 Å². The summed E-state index contributed by atoms with van der Waals surface area (Å²) in [5.74, 6) is 0.376. The molecule has 1 atom stereocenters. The molecule has 1 unspecified atom stereocenters. The van der Waals surface area contributed by atoms with Gasteiger partial charge in [-0.15, -0.1) is 0 Å². The van der Waals surface area contributed by atoms with E-state index in [9.17, 15) is 4.21 Å². The molecule has 0 saturated heterocycles. The van der Waals surface area contributed by atoms with Crippen LogP contribution in [-0.2, 0) is 9.92 Å². The quantitative estimate of drug-likeness (QED) is 0.807. The molecule has 18 heavy (non-hydrogen) atoms. The van der Waals surface area contributed by atoms with Crippen LogP contribution in [-0.4, -0.2) is 16.8 Å². The summed E-state index contributed by atoms with van der Waals surface area (Å²) in [6.45, 7) is 8.58. The summed E-state index contributed by atoms with van der Waals surface area (Å²) < 4.78 is 20.3. The average Bonchev–Trinajstić information content (AvgIpc) is 2.25. The lowest BCUT2D eigenvalue weighted by Crippen LogP contribution is -2.30. The Balaban J connectivity index is 3.20. The van der Waals surface area contributed by atoms with Crippen LogP contribution in [0.15, 0.2) is 33.5 Å². The van der Waals surface area contributed by atoms with Crippen LogP contribution in [0.1, 0.15) is 27.7 Å². The molecule has 0 saturated carbocycles. The Morgan fingerprint density at radius 2 is 2.00 bits per heavy atom. The summed E-state index contributed by atoms with van der Waals surface area (Å²) in [6.07, 6.45) is 0. The van der Waals surface area contributed by atoms with Crippen molar-refractivity contribution in [2.75, 3.05) is 12.3 Å². The third-order valence-electron chi connectivity index (χ3n) is 2.19. The van der Waals surface area contributed by atoms with E-state index in [0.717, 1.165) is 0 Å². The minimum atomic E-state index is -2.59. The molecule has 0 aliphatic rings. The van der Waals surface area contributed by atoms with E-state index in [1.807, 2.05) is 13.8 Å². The highest BCUT2D eigenvalue weighted by Gasteiger charge is 2.14. The van der Waals surface area contributed by atoms with Crippen LogP contribution < -0.4 is 10.5 Å². The monoisotopic (exact) mass is 269 g/mol. The molecule has 0 fully saturated rings. The third kappa shape index (κ3) is 4.31. The van der Waals surface area contributed by atoms with E-state index in [2.05, 4.69) is 22.9 Å². The highest BCUT2D eigenvalue weighted by atomic mass is 32.2. The second-order valence-corrected chi connectivity index (χ2v) is 7.09. The highest BCUT2D eigenvalue weighted by Crippen LogP contribution is 2.16. The number of nitrogens with one attached hydrogen (secondary N) is 1. The third-order valence-corrected chi connectivity index (χ3v) is 4.39. The van der Waals surface area contributed by atoms with Gasteiger partial charge in [0.15, 0.2) is 0 Å². The Bertz CT molecular complexity index is 503. The lowest BCUT2D eigenvalue weighted by molar-refractivity contribution is 0.629. The summed E-state index contributed by atoms with van der Waals surface area (Å²) in [6, 6.07) is 7.20. The molecule has 0 heterocycles. The molecular formula is C13H23N3OS. The summed E-state index contributed by atoms with van der Waals surface area (Å²) in [7, 11) is -2.59. The molecule has 4 nitrogen and oxygen atoms in total. The number of nitrogens with zero attached hydrogens (tertiary/aromatic N) is 1. The van der Waals surface area contributed by atoms with Gasteiger partial charge in [0, 0.05) is 11.7 Å². The predicted molar refractivity (Wildman–Crippen MR) is 77.7 cm³/mol. The van der Waals surface area contributed by atoms with Crippen molar-refractivity contribution in [3.8, 4) is 0 Å². The molecule has 0 spiro atoms. The van der Waals surface area contributed by atoms with Gasteiger partial charge in [-0.2, -0.15) is 0 Å². The van der Waals surface area contributed by atoms with E-state index in [4.69, 9.17) is 5.73 Å². The highest BCUT2D eigenvalue weighted by molar-refractivity contribution is 7.91. The number of anilines is 1. The molecular weight excluding hydrogens is 246 g/mol. The van der Waals surface area contributed by atoms with Crippen LogP contribution in [0.5, 0.6) is 0 Å². The van der Waals surface area contributed by atoms with Gasteiger partial charge in [-0.05, 0) is 38.0 Å². The van der Waals surface area contributed by atoms with Gasteiger partial charge in [0.25, 0.3) is 0 Å². The molecule has 5 heteroatoms. The number of nitrogen functional groups attached to an aromatic ring is 1. The first-order valence-corrected chi connectivity index (χ1v) is 7.71. The lowest BCUT2D eigenvalue weighted by Gasteiger charge is -2.16. The fourth-order valence-corrected chi connectivity index (χ4v) is 3.51. The molecule has 1 aromatic rings. The molecule has 0 aromatic heterocycles. The number of hydrogen-bond acceptors (Lipinski definition) is 3. The SMILES string of the molecule is CC(C)CN=S(=O)(NC(C)C)c1cccc(N)c1. The fourth-order valence-electron chi connectivity index (χ4n) is 1.44. The number of rotatable bonds is 5. The molecule has 0 amide bonds. The van der Waals surface area contributed by atoms with E-state index in [0.29, 0.717) is 23.0 Å². The van der Waals surface area contributed by atoms with Crippen LogP contribution in [0, 0.1) is 5.92 Å². The van der Waals surface area contributed by atoms with Crippen molar-refractivity contribution in [3.63, 3.8) is 0 Å². The maximum atomic E-state index is 12.9. The number of benzene rings is 1. The summed E-state index contributed by atoms with van der Waals surface area (Å²) >= 11 is 0. The van der Waals surface area contributed by atoms with E-state index in [1.54, 1.807) is 24.3 Å². The van der Waals surface area contributed by atoms with Crippen LogP contribution in [0.2, 0.25) is 0 Å². The van der Waals surface area contributed by atoms with Gasteiger partial charge in [0.2, 0.25) is 0 Å². The zero-order valence-corrected chi connectivity index (χ0v) is 12.3. The Morgan fingerprint density at radius 3 is 2.50 bits per heavy atom. The van der Waals surface area contributed by atoms with Crippen molar-refractivity contribution in [2.24, 2.45) is 10.3 Å². The Labute approximate surface area is 110 Å². The van der Waals surface area contributed by atoms with Crippen molar-refractivity contribution >= 4 is 15.6 Å². The molecule has 1 aromatic carbocycles. The molecule has 0 aliphatic carbocycles. The van der Waals surface area contributed by atoms with Gasteiger partial charge >= 0.3 is 0 Å². The van der Waals surface area contributed by atoms with E-state index < -0.39 is 9.92 Å². The maximum absolute atomic E-state index is 12.9. The van der Waals surface area contributed by atoms with Crippen molar-refractivity contribution in [1.82, 2.24) is 4.72 Å². The molecule has 1 rings (SSSR count). The second kappa shape index (κ2) is 6.20. The zero-order valence-electron chi connectivity index (χ0n) is 11.5. The second-order valence-electron chi connectivity index (χ2n) is 5.08. The van der Waals surface area contributed by atoms with Crippen LogP contribution in [0.25, 0.3) is 0 Å². The molecule has 102 valence electrons. The van der Waals surface area contributed by atoms with Crippen LogP contribution >= 0.6 is 0 Å². The molecule has 3 N–H and O–H groups in total. The van der Waals surface area contributed by atoms with Crippen molar-refractivity contribution in [2.45, 2.75) is 38.6 Å². The Morgan fingerprint density at radius 1 is 1.33 bits per heavy atom. The smallest absolute Gasteiger partial charge is 0.137 e. The average molecular weight is 269 g/mol. The Kier molecular flexibility index (Phi) is 5.16. The maximum Gasteiger partial charge on any atom is 0.137 e. The number of hydrogen-bond donors (Lipinski definition) is 2. The summed E-state index contributed by atoms with van der Waals surface area (Å²) in [4.78, 5) is 0.650. The molecule has 0 aliphatic heterocycles.